The molecule has 1 saturated heterocycles. The lowest BCUT2D eigenvalue weighted by molar-refractivity contribution is 0.196. The van der Waals surface area contributed by atoms with E-state index in [0.29, 0.717) is 35.7 Å². The number of thioether (sulfide) groups is 1. The number of methoxy groups -OCH3 is 1. The highest BCUT2D eigenvalue weighted by atomic mass is 32.2. The summed E-state index contributed by atoms with van der Waals surface area (Å²) in [7, 11) is 1.64. The van der Waals surface area contributed by atoms with E-state index in [1.54, 1.807) is 19.2 Å². The average Bonchev–Trinajstić information content (AvgIpc) is 3.15. The minimum Gasteiger partial charge on any atom is -0.441 e. The number of anilines is 3. The Morgan fingerprint density at radius 2 is 1.90 bits per heavy atom. The van der Waals surface area contributed by atoms with E-state index in [9.17, 15) is 4.79 Å². The molecular weight excluding hydrogens is 400 g/mol. The largest absolute Gasteiger partial charge is 0.441 e. The Morgan fingerprint density at radius 1 is 1.17 bits per heavy atom. The first-order chi connectivity index (χ1) is 14.6. The molecule has 158 valence electrons. The molecule has 30 heavy (non-hydrogen) atoms. The normalized spacial score (nSPS) is 14.1. The third-order valence-corrected chi connectivity index (χ3v) is 5.96. The number of aryl methyl sites for hydroxylation is 1. The molecule has 0 spiro atoms. The summed E-state index contributed by atoms with van der Waals surface area (Å²) in [5.41, 5.74) is 5.22. The minimum atomic E-state index is -0.293. The number of carbonyl (C=O) groups excluding carboxylic acids is 1. The Hall–Kier alpha value is -2.71. The van der Waals surface area contributed by atoms with E-state index in [1.165, 1.54) is 5.69 Å². The van der Waals surface area contributed by atoms with Crippen molar-refractivity contribution in [3.63, 3.8) is 0 Å². The number of urea groups is 1. The quantitative estimate of drug-likeness (QED) is 0.603. The molecule has 3 aromatic rings. The fourth-order valence-electron chi connectivity index (χ4n) is 3.53. The van der Waals surface area contributed by atoms with Crippen molar-refractivity contribution in [1.29, 1.82) is 0 Å². The van der Waals surface area contributed by atoms with Gasteiger partial charge in [0.2, 0.25) is 0 Å². The second-order valence-corrected chi connectivity index (χ2v) is 8.44. The van der Waals surface area contributed by atoms with Crippen LogP contribution in [-0.2, 0) is 11.2 Å². The monoisotopic (exact) mass is 426 g/mol. The Kier molecular flexibility index (Phi) is 6.44. The van der Waals surface area contributed by atoms with Crippen LogP contribution in [0.1, 0.15) is 11.5 Å². The second-order valence-electron chi connectivity index (χ2n) is 7.21. The molecular formula is C22H26N4O3S. The van der Waals surface area contributed by atoms with Gasteiger partial charge in [0.15, 0.2) is 11.5 Å². The van der Waals surface area contributed by atoms with E-state index >= 15 is 0 Å². The minimum absolute atomic E-state index is 0.293. The number of hydrogen-bond donors (Lipinski definition) is 2. The van der Waals surface area contributed by atoms with Crippen molar-refractivity contribution in [2.45, 2.75) is 13.3 Å². The number of carbonyl (C=O) groups is 1. The molecule has 0 radical (unpaired) electrons. The van der Waals surface area contributed by atoms with Gasteiger partial charge in [-0.1, -0.05) is 0 Å². The molecule has 0 aliphatic carbocycles. The average molecular weight is 427 g/mol. The summed E-state index contributed by atoms with van der Waals surface area (Å²) in [6.45, 7) is 4.77. The third-order valence-electron chi connectivity index (χ3n) is 5.02. The molecule has 0 saturated carbocycles. The van der Waals surface area contributed by atoms with Crippen LogP contribution in [0.3, 0.4) is 0 Å². The summed E-state index contributed by atoms with van der Waals surface area (Å²) < 4.78 is 10.7. The van der Waals surface area contributed by atoms with Crippen LogP contribution >= 0.6 is 11.8 Å². The van der Waals surface area contributed by atoms with Crippen molar-refractivity contribution >= 4 is 46.0 Å². The number of benzene rings is 2. The molecule has 1 aliphatic heterocycles. The van der Waals surface area contributed by atoms with Crippen LogP contribution in [0.4, 0.5) is 21.9 Å². The van der Waals surface area contributed by atoms with Gasteiger partial charge in [0.1, 0.15) is 5.52 Å². The molecule has 1 aromatic heterocycles. The van der Waals surface area contributed by atoms with Crippen LogP contribution in [0.2, 0.25) is 0 Å². The van der Waals surface area contributed by atoms with Crippen LogP contribution < -0.4 is 15.5 Å². The molecule has 1 aliphatic rings. The van der Waals surface area contributed by atoms with E-state index in [4.69, 9.17) is 9.15 Å². The number of rotatable bonds is 6. The zero-order chi connectivity index (χ0) is 20.9. The fraction of sp³-hybridized carbons (Fsp3) is 0.364. The van der Waals surface area contributed by atoms with Crippen LogP contribution in [0.25, 0.3) is 11.1 Å². The SMILES string of the molecule is COCCc1nc2cc(NC(=O)Nc3ccc(N4CCSCC4)c(C)c3)ccc2o1. The summed E-state index contributed by atoms with van der Waals surface area (Å²) in [5, 5.41) is 5.77. The summed E-state index contributed by atoms with van der Waals surface area (Å²) in [5.74, 6) is 2.94. The van der Waals surface area contributed by atoms with E-state index in [1.807, 2.05) is 30.0 Å². The van der Waals surface area contributed by atoms with Gasteiger partial charge in [-0.25, -0.2) is 9.78 Å². The zero-order valence-electron chi connectivity index (χ0n) is 17.2. The number of nitrogens with zero attached hydrogens (tertiary/aromatic N) is 2. The summed E-state index contributed by atoms with van der Waals surface area (Å²) in [4.78, 5) is 19.3. The molecule has 1 fully saturated rings. The van der Waals surface area contributed by atoms with Gasteiger partial charge in [0.05, 0.1) is 6.61 Å². The fourth-order valence-corrected chi connectivity index (χ4v) is 4.44. The highest BCUT2D eigenvalue weighted by Gasteiger charge is 2.14. The highest BCUT2D eigenvalue weighted by Crippen LogP contribution is 2.26. The second kappa shape index (κ2) is 9.40. The molecule has 2 N–H and O–H groups in total. The molecule has 8 heteroatoms. The van der Waals surface area contributed by atoms with E-state index < -0.39 is 0 Å². The first-order valence-electron chi connectivity index (χ1n) is 10.0. The van der Waals surface area contributed by atoms with Crippen molar-refractivity contribution in [3.8, 4) is 0 Å². The standard InChI is InChI=1S/C22H26N4O3S/c1-15-13-16(3-5-19(15)26-8-11-30-12-9-26)23-22(27)24-17-4-6-20-18(14-17)25-21(29-20)7-10-28-2/h3-6,13-14H,7-12H2,1-2H3,(H2,23,24,27). The van der Waals surface area contributed by atoms with Gasteiger partial charge in [0, 0.05) is 55.2 Å². The first kappa shape index (κ1) is 20.6. The van der Waals surface area contributed by atoms with Gasteiger partial charge in [-0.2, -0.15) is 11.8 Å². The smallest absolute Gasteiger partial charge is 0.323 e. The zero-order valence-corrected chi connectivity index (χ0v) is 18.1. The van der Waals surface area contributed by atoms with Gasteiger partial charge in [-0.3, -0.25) is 0 Å². The maximum absolute atomic E-state index is 12.5. The number of ether oxygens (including phenoxy) is 1. The highest BCUT2D eigenvalue weighted by molar-refractivity contribution is 7.99. The van der Waals surface area contributed by atoms with Gasteiger partial charge in [-0.05, 0) is 48.9 Å². The van der Waals surface area contributed by atoms with Crippen molar-refractivity contribution in [2.75, 3.05) is 53.8 Å². The van der Waals surface area contributed by atoms with E-state index in [2.05, 4.69) is 33.5 Å². The van der Waals surface area contributed by atoms with Gasteiger partial charge >= 0.3 is 6.03 Å². The Bertz CT molecular complexity index is 1030. The van der Waals surface area contributed by atoms with Crippen molar-refractivity contribution in [3.05, 3.63) is 47.9 Å². The summed E-state index contributed by atoms with van der Waals surface area (Å²) in [6.07, 6.45) is 0.611. The lowest BCUT2D eigenvalue weighted by Gasteiger charge is -2.30. The van der Waals surface area contributed by atoms with Crippen molar-refractivity contribution in [1.82, 2.24) is 4.98 Å². The topological polar surface area (TPSA) is 79.6 Å². The van der Waals surface area contributed by atoms with Gasteiger partial charge in [0.25, 0.3) is 0 Å². The van der Waals surface area contributed by atoms with Crippen LogP contribution in [0, 0.1) is 6.92 Å². The Labute approximate surface area is 180 Å². The molecule has 0 bridgehead atoms. The third kappa shape index (κ3) is 4.88. The summed E-state index contributed by atoms with van der Waals surface area (Å²) in [6, 6.07) is 11.2. The Balaban J connectivity index is 1.39. The number of aromatic nitrogens is 1. The van der Waals surface area contributed by atoms with Gasteiger partial charge < -0.3 is 24.7 Å². The predicted octanol–water partition coefficient (Wildman–Crippen LogP) is 4.52. The van der Waals surface area contributed by atoms with E-state index in [-0.39, 0.29) is 6.03 Å². The van der Waals surface area contributed by atoms with E-state index in [0.717, 1.165) is 35.8 Å². The van der Waals surface area contributed by atoms with Gasteiger partial charge in [-0.15, -0.1) is 0 Å². The maximum atomic E-state index is 12.5. The molecule has 0 unspecified atom stereocenters. The van der Waals surface area contributed by atoms with Crippen molar-refractivity contribution in [2.24, 2.45) is 0 Å². The lowest BCUT2D eigenvalue weighted by atomic mass is 10.1. The number of hydrogen-bond acceptors (Lipinski definition) is 6. The number of amides is 2. The molecule has 4 rings (SSSR count). The number of oxazole rings is 1. The van der Waals surface area contributed by atoms with Crippen molar-refractivity contribution < 1.29 is 13.9 Å². The number of nitrogens with one attached hydrogen (secondary N) is 2. The molecule has 2 amide bonds. The first-order valence-corrected chi connectivity index (χ1v) is 11.2. The molecule has 2 aromatic carbocycles. The maximum Gasteiger partial charge on any atom is 0.323 e. The molecule has 7 nitrogen and oxygen atoms in total. The predicted molar refractivity (Wildman–Crippen MR) is 123 cm³/mol. The molecule has 2 heterocycles. The van der Waals surface area contributed by atoms with Crippen LogP contribution in [0.5, 0.6) is 0 Å². The van der Waals surface area contributed by atoms with Crippen LogP contribution in [-0.4, -0.2) is 49.3 Å². The lowest BCUT2D eigenvalue weighted by Crippen LogP contribution is -2.32. The van der Waals surface area contributed by atoms with Crippen LogP contribution in [0.15, 0.2) is 40.8 Å². The Morgan fingerprint density at radius 3 is 2.63 bits per heavy atom. The summed E-state index contributed by atoms with van der Waals surface area (Å²) >= 11 is 1.99. The molecule has 0 atom stereocenters. The number of fused-ring (bicyclic) bond motifs is 1.